The highest BCUT2D eigenvalue weighted by molar-refractivity contribution is 5.95. The first-order valence-electron chi connectivity index (χ1n) is 7.98. The summed E-state index contributed by atoms with van der Waals surface area (Å²) >= 11 is 0. The average Bonchev–Trinajstić information content (AvgIpc) is 2.61. The predicted molar refractivity (Wildman–Crippen MR) is 93.2 cm³/mol. The number of alkyl halides is 3. The van der Waals surface area contributed by atoms with E-state index in [4.69, 9.17) is 9.47 Å². The summed E-state index contributed by atoms with van der Waals surface area (Å²) in [7, 11) is 4.44. The van der Waals surface area contributed by atoms with Crippen molar-refractivity contribution in [1.29, 1.82) is 0 Å². The number of hydrogen-bond acceptors (Lipinski definition) is 4. The topological polar surface area (TPSA) is 48.0 Å². The van der Waals surface area contributed by atoms with E-state index in [9.17, 15) is 18.0 Å². The summed E-state index contributed by atoms with van der Waals surface area (Å²) < 4.78 is 52.2. The maximum atomic E-state index is 12.7. The van der Waals surface area contributed by atoms with Crippen molar-refractivity contribution in [3.8, 4) is 17.2 Å². The van der Waals surface area contributed by atoms with Crippen LogP contribution in [-0.4, -0.2) is 38.4 Å². The standard InChI is InChI=1S/C19H20F3NO4/c1-12-16(25-3)9-14(10-17(12)26-4)18(24)23(2)11-13-7-5-6-8-15(13)27-19(20,21)22/h5-10H,11H2,1-4H3. The number of halogens is 3. The van der Waals surface area contributed by atoms with Crippen LogP contribution in [0.2, 0.25) is 0 Å². The molecule has 27 heavy (non-hydrogen) atoms. The van der Waals surface area contributed by atoms with Crippen molar-refractivity contribution in [2.75, 3.05) is 21.3 Å². The van der Waals surface area contributed by atoms with Crippen molar-refractivity contribution >= 4 is 5.91 Å². The molecule has 0 bridgehead atoms. The molecule has 0 aliphatic carbocycles. The van der Waals surface area contributed by atoms with Crippen LogP contribution in [0.1, 0.15) is 21.5 Å². The van der Waals surface area contributed by atoms with Gasteiger partial charge in [-0.25, -0.2) is 0 Å². The minimum Gasteiger partial charge on any atom is -0.496 e. The Morgan fingerprint density at radius 2 is 1.59 bits per heavy atom. The highest BCUT2D eigenvalue weighted by Gasteiger charge is 2.32. The molecule has 0 saturated carbocycles. The fourth-order valence-corrected chi connectivity index (χ4v) is 2.62. The lowest BCUT2D eigenvalue weighted by atomic mass is 10.1. The zero-order valence-electron chi connectivity index (χ0n) is 15.4. The molecule has 0 heterocycles. The third-order valence-corrected chi connectivity index (χ3v) is 3.95. The third kappa shape index (κ3) is 5.06. The van der Waals surface area contributed by atoms with Crippen molar-refractivity contribution in [1.82, 2.24) is 4.90 Å². The van der Waals surface area contributed by atoms with Crippen LogP contribution in [0.25, 0.3) is 0 Å². The molecule has 0 aromatic heterocycles. The zero-order valence-corrected chi connectivity index (χ0v) is 15.4. The number of para-hydroxylation sites is 1. The fourth-order valence-electron chi connectivity index (χ4n) is 2.62. The predicted octanol–water partition coefficient (Wildman–Crippen LogP) is 4.18. The minimum absolute atomic E-state index is 0.0659. The van der Waals surface area contributed by atoms with Crippen LogP contribution in [0.4, 0.5) is 13.2 Å². The fraction of sp³-hybridized carbons (Fsp3) is 0.316. The van der Waals surface area contributed by atoms with Crippen LogP contribution in [0.15, 0.2) is 36.4 Å². The number of nitrogens with zero attached hydrogens (tertiary/aromatic N) is 1. The van der Waals surface area contributed by atoms with Crippen LogP contribution in [0, 0.1) is 6.92 Å². The number of rotatable bonds is 6. The molecular formula is C19H20F3NO4. The van der Waals surface area contributed by atoms with E-state index in [1.165, 1.54) is 44.4 Å². The van der Waals surface area contributed by atoms with Crippen molar-refractivity contribution in [2.24, 2.45) is 0 Å². The van der Waals surface area contributed by atoms with E-state index in [1.807, 2.05) is 0 Å². The third-order valence-electron chi connectivity index (χ3n) is 3.95. The van der Waals surface area contributed by atoms with Gasteiger partial charge in [-0.05, 0) is 25.1 Å². The molecule has 0 aliphatic heterocycles. The van der Waals surface area contributed by atoms with Gasteiger partial charge < -0.3 is 19.1 Å². The van der Waals surface area contributed by atoms with E-state index in [-0.39, 0.29) is 17.9 Å². The molecular weight excluding hydrogens is 363 g/mol. The highest BCUT2D eigenvalue weighted by Crippen LogP contribution is 2.31. The summed E-state index contributed by atoms with van der Waals surface area (Å²) in [4.78, 5) is 14.0. The van der Waals surface area contributed by atoms with E-state index in [0.717, 1.165) is 5.56 Å². The maximum absolute atomic E-state index is 12.7. The number of methoxy groups -OCH3 is 2. The van der Waals surface area contributed by atoms with Gasteiger partial charge in [0.2, 0.25) is 0 Å². The molecule has 0 spiro atoms. The van der Waals surface area contributed by atoms with Gasteiger partial charge in [0.1, 0.15) is 17.2 Å². The zero-order chi connectivity index (χ0) is 20.2. The van der Waals surface area contributed by atoms with E-state index in [2.05, 4.69) is 4.74 Å². The number of carbonyl (C=O) groups excluding carboxylic acids is 1. The van der Waals surface area contributed by atoms with Gasteiger partial charge >= 0.3 is 6.36 Å². The number of carbonyl (C=O) groups is 1. The Balaban J connectivity index is 2.27. The SMILES string of the molecule is COc1cc(C(=O)N(C)Cc2ccccc2OC(F)(F)F)cc(OC)c1C. The Bertz CT molecular complexity index is 796. The number of hydrogen-bond donors (Lipinski definition) is 0. The molecule has 2 aromatic rings. The first-order chi connectivity index (χ1) is 12.7. The van der Waals surface area contributed by atoms with Crippen LogP contribution in [0.5, 0.6) is 17.2 Å². The molecule has 0 atom stereocenters. The first kappa shape index (κ1) is 20.4. The molecule has 0 saturated heterocycles. The van der Waals surface area contributed by atoms with E-state index < -0.39 is 12.3 Å². The van der Waals surface area contributed by atoms with Crippen LogP contribution in [0.3, 0.4) is 0 Å². The smallest absolute Gasteiger partial charge is 0.496 e. The molecule has 1 amide bonds. The van der Waals surface area contributed by atoms with Crippen molar-refractivity contribution < 1.29 is 32.2 Å². The molecule has 2 rings (SSSR count). The van der Waals surface area contributed by atoms with E-state index in [1.54, 1.807) is 25.1 Å². The Hall–Kier alpha value is -2.90. The van der Waals surface area contributed by atoms with Crippen LogP contribution in [-0.2, 0) is 6.54 Å². The lowest BCUT2D eigenvalue weighted by Gasteiger charge is -2.21. The van der Waals surface area contributed by atoms with Gasteiger partial charge in [0, 0.05) is 30.3 Å². The molecule has 0 unspecified atom stereocenters. The molecule has 2 aromatic carbocycles. The van der Waals surface area contributed by atoms with E-state index in [0.29, 0.717) is 17.1 Å². The minimum atomic E-state index is -4.81. The lowest BCUT2D eigenvalue weighted by Crippen LogP contribution is -2.27. The number of amides is 1. The monoisotopic (exact) mass is 383 g/mol. The first-order valence-corrected chi connectivity index (χ1v) is 7.98. The second-order valence-corrected chi connectivity index (χ2v) is 5.82. The molecule has 0 fully saturated rings. The van der Waals surface area contributed by atoms with Crippen molar-refractivity contribution in [3.05, 3.63) is 53.1 Å². The summed E-state index contributed by atoms with van der Waals surface area (Å²) in [5.74, 6) is 0.218. The summed E-state index contributed by atoms with van der Waals surface area (Å²) in [5, 5.41) is 0. The second-order valence-electron chi connectivity index (χ2n) is 5.82. The molecule has 5 nitrogen and oxygen atoms in total. The Kier molecular flexibility index (Phi) is 6.20. The van der Waals surface area contributed by atoms with Gasteiger partial charge in [-0.15, -0.1) is 13.2 Å². The summed E-state index contributed by atoms with van der Waals surface area (Å²) in [5.41, 5.74) is 1.27. The summed E-state index contributed by atoms with van der Waals surface area (Å²) in [6.07, 6.45) is -4.81. The number of ether oxygens (including phenoxy) is 3. The van der Waals surface area contributed by atoms with Crippen molar-refractivity contribution in [2.45, 2.75) is 19.8 Å². The normalized spacial score (nSPS) is 11.1. The van der Waals surface area contributed by atoms with Gasteiger partial charge in [-0.3, -0.25) is 4.79 Å². The summed E-state index contributed by atoms with van der Waals surface area (Å²) in [6.45, 7) is 1.73. The van der Waals surface area contributed by atoms with Crippen LogP contribution < -0.4 is 14.2 Å². The molecule has 146 valence electrons. The second kappa shape index (κ2) is 8.20. The number of benzene rings is 2. The lowest BCUT2D eigenvalue weighted by molar-refractivity contribution is -0.275. The molecule has 0 N–H and O–H groups in total. The Morgan fingerprint density at radius 3 is 2.11 bits per heavy atom. The quantitative estimate of drug-likeness (QED) is 0.751. The molecule has 0 aliphatic rings. The average molecular weight is 383 g/mol. The van der Waals surface area contributed by atoms with Gasteiger partial charge in [0.05, 0.1) is 14.2 Å². The van der Waals surface area contributed by atoms with Gasteiger partial charge in [-0.1, -0.05) is 18.2 Å². The molecule has 8 heteroatoms. The Morgan fingerprint density at radius 1 is 1.04 bits per heavy atom. The van der Waals surface area contributed by atoms with Crippen LogP contribution >= 0.6 is 0 Å². The van der Waals surface area contributed by atoms with Gasteiger partial charge in [0.25, 0.3) is 5.91 Å². The Labute approximate surface area is 155 Å². The largest absolute Gasteiger partial charge is 0.573 e. The molecule has 0 radical (unpaired) electrons. The summed E-state index contributed by atoms with van der Waals surface area (Å²) in [6, 6.07) is 8.82. The van der Waals surface area contributed by atoms with Crippen molar-refractivity contribution in [3.63, 3.8) is 0 Å². The highest BCUT2D eigenvalue weighted by atomic mass is 19.4. The maximum Gasteiger partial charge on any atom is 0.573 e. The van der Waals surface area contributed by atoms with E-state index >= 15 is 0 Å². The van der Waals surface area contributed by atoms with Gasteiger partial charge in [0.15, 0.2) is 0 Å². The van der Waals surface area contributed by atoms with Gasteiger partial charge in [-0.2, -0.15) is 0 Å².